The summed E-state index contributed by atoms with van der Waals surface area (Å²) in [6.07, 6.45) is 1.95. The molecule has 1 amide bonds. The number of benzene rings is 1. The summed E-state index contributed by atoms with van der Waals surface area (Å²) in [6, 6.07) is 13.8. The van der Waals surface area contributed by atoms with Crippen LogP contribution in [0.15, 0.2) is 47.8 Å². The highest BCUT2D eigenvalue weighted by Gasteiger charge is 2.19. The van der Waals surface area contributed by atoms with E-state index in [0.717, 1.165) is 40.9 Å². The van der Waals surface area contributed by atoms with Crippen molar-refractivity contribution in [1.82, 2.24) is 10.3 Å². The van der Waals surface area contributed by atoms with Crippen LogP contribution < -0.4 is 5.32 Å². The zero-order valence-electron chi connectivity index (χ0n) is 13.2. The first-order chi connectivity index (χ1) is 11.8. The van der Waals surface area contributed by atoms with Gasteiger partial charge in [0.1, 0.15) is 0 Å². The molecule has 24 heavy (non-hydrogen) atoms. The van der Waals surface area contributed by atoms with Gasteiger partial charge in [-0.25, -0.2) is 4.98 Å². The number of hydrogen-bond donors (Lipinski definition) is 1. The Kier molecular flexibility index (Phi) is 4.28. The van der Waals surface area contributed by atoms with Crippen molar-refractivity contribution in [3.8, 4) is 10.6 Å². The second-order valence-electron chi connectivity index (χ2n) is 5.94. The SMILES string of the molecule is O=C(NC1CCCOC1)c1cc(-c2cccs2)nc2ccccc12. The van der Waals surface area contributed by atoms with E-state index in [2.05, 4.69) is 5.32 Å². The predicted molar refractivity (Wildman–Crippen MR) is 96.4 cm³/mol. The average Bonchev–Trinajstić information content (AvgIpc) is 3.16. The second-order valence-corrected chi connectivity index (χ2v) is 6.88. The smallest absolute Gasteiger partial charge is 0.252 e. The van der Waals surface area contributed by atoms with E-state index in [1.807, 2.05) is 47.8 Å². The molecule has 1 N–H and O–H groups in total. The quantitative estimate of drug-likeness (QED) is 0.789. The van der Waals surface area contributed by atoms with Crippen molar-refractivity contribution < 1.29 is 9.53 Å². The molecule has 0 spiro atoms. The van der Waals surface area contributed by atoms with Crippen LogP contribution in [0.4, 0.5) is 0 Å². The molecule has 0 bridgehead atoms. The van der Waals surface area contributed by atoms with Gasteiger partial charge in [0.05, 0.1) is 34.3 Å². The molecule has 1 aliphatic rings. The number of rotatable bonds is 3. The van der Waals surface area contributed by atoms with Crippen molar-refractivity contribution in [3.05, 3.63) is 53.4 Å². The molecule has 3 aromatic rings. The maximum atomic E-state index is 12.9. The van der Waals surface area contributed by atoms with Gasteiger partial charge in [-0.1, -0.05) is 24.3 Å². The topological polar surface area (TPSA) is 51.2 Å². The van der Waals surface area contributed by atoms with Crippen LogP contribution >= 0.6 is 11.3 Å². The Morgan fingerprint density at radius 1 is 1.25 bits per heavy atom. The highest BCUT2D eigenvalue weighted by molar-refractivity contribution is 7.13. The molecule has 1 aromatic carbocycles. The Morgan fingerprint density at radius 3 is 2.96 bits per heavy atom. The number of amides is 1. The fraction of sp³-hybridized carbons (Fsp3) is 0.263. The van der Waals surface area contributed by atoms with Gasteiger partial charge in [-0.15, -0.1) is 11.3 Å². The minimum Gasteiger partial charge on any atom is -0.379 e. The number of nitrogens with one attached hydrogen (secondary N) is 1. The number of carbonyl (C=O) groups is 1. The van der Waals surface area contributed by atoms with Crippen LogP contribution in [0.25, 0.3) is 21.5 Å². The van der Waals surface area contributed by atoms with E-state index in [9.17, 15) is 4.79 Å². The largest absolute Gasteiger partial charge is 0.379 e. The molecule has 1 saturated heterocycles. The summed E-state index contributed by atoms with van der Waals surface area (Å²) in [5.41, 5.74) is 2.36. The summed E-state index contributed by atoms with van der Waals surface area (Å²) in [7, 11) is 0. The predicted octanol–water partition coefficient (Wildman–Crippen LogP) is 3.87. The van der Waals surface area contributed by atoms with Crippen LogP contribution in [0.5, 0.6) is 0 Å². The van der Waals surface area contributed by atoms with E-state index in [1.54, 1.807) is 11.3 Å². The molecule has 1 aliphatic heterocycles. The van der Waals surface area contributed by atoms with Crippen LogP contribution in [0.3, 0.4) is 0 Å². The summed E-state index contributed by atoms with van der Waals surface area (Å²) in [5, 5.41) is 6.01. The zero-order chi connectivity index (χ0) is 16.4. The minimum atomic E-state index is -0.0538. The fourth-order valence-electron chi connectivity index (χ4n) is 3.03. The molecule has 122 valence electrons. The maximum absolute atomic E-state index is 12.9. The fourth-order valence-corrected chi connectivity index (χ4v) is 3.72. The molecule has 1 atom stereocenters. The molecule has 0 saturated carbocycles. The first kappa shape index (κ1) is 15.3. The van der Waals surface area contributed by atoms with E-state index in [1.165, 1.54) is 0 Å². The molecule has 0 aliphatic carbocycles. The van der Waals surface area contributed by atoms with Gasteiger partial charge < -0.3 is 10.1 Å². The van der Waals surface area contributed by atoms with Crippen molar-refractivity contribution in [2.45, 2.75) is 18.9 Å². The van der Waals surface area contributed by atoms with E-state index in [4.69, 9.17) is 9.72 Å². The molecule has 1 unspecified atom stereocenters. The lowest BCUT2D eigenvalue weighted by Crippen LogP contribution is -2.40. The number of carbonyl (C=O) groups excluding carboxylic acids is 1. The number of nitrogens with zero attached hydrogens (tertiary/aromatic N) is 1. The van der Waals surface area contributed by atoms with Crippen molar-refractivity contribution in [2.24, 2.45) is 0 Å². The van der Waals surface area contributed by atoms with Gasteiger partial charge in [0, 0.05) is 12.0 Å². The molecule has 1 fully saturated rings. The Morgan fingerprint density at radius 2 is 2.17 bits per heavy atom. The lowest BCUT2D eigenvalue weighted by molar-refractivity contribution is 0.0625. The van der Waals surface area contributed by atoms with E-state index in [-0.39, 0.29) is 11.9 Å². The molecular weight excluding hydrogens is 320 g/mol. The number of aromatic nitrogens is 1. The van der Waals surface area contributed by atoms with Crippen molar-refractivity contribution in [3.63, 3.8) is 0 Å². The lowest BCUT2D eigenvalue weighted by atomic mass is 10.0. The second kappa shape index (κ2) is 6.71. The Balaban J connectivity index is 1.73. The van der Waals surface area contributed by atoms with Gasteiger partial charge in [0.2, 0.25) is 0 Å². The molecular formula is C19H18N2O2S. The summed E-state index contributed by atoms with van der Waals surface area (Å²) >= 11 is 1.63. The molecule has 2 aromatic heterocycles. The average molecular weight is 338 g/mol. The number of pyridine rings is 1. The highest BCUT2D eigenvalue weighted by Crippen LogP contribution is 2.28. The summed E-state index contributed by atoms with van der Waals surface area (Å²) in [6.45, 7) is 1.37. The summed E-state index contributed by atoms with van der Waals surface area (Å²) in [4.78, 5) is 18.6. The third kappa shape index (κ3) is 3.05. The molecule has 0 radical (unpaired) electrons. The van der Waals surface area contributed by atoms with Crippen molar-refractivity contribution in [1.29, 1.82) is 0 Å². The normalized spacial score (nSPS) is 17.8. The Hall–Kier alpha value is -2.24. The minimum absolute atomic E-state index is 0.0538. The van der Waals surface area contributed by atoms with Gasteiger partial charge in [0.15, 0.2) is 0 Å². The van der Waals surface area contributed by atoms with E-state index >= 15 is 0 Å². The van der Waals surface area contributed by atoms with Crippen LogP contribution in [0.1, 0.15) is 23.2 Å². The summed E-state index contributed by atoms with van der Waals surface area (Å²) < 4.78 is 5.46. The third-order valence-electron chi connectivity index (χ3n) is 4.23. The number of para-hydroxylation sites is 1. The van der Waals surface area contributed by atoms with Gasteiger partial charge >= 0.3 is 0 Å². The van der Waals surface area contributed by atoms with E-state index in [0.29, 0.717) is 12.2 Å². The zero-order valence-corrected chi connectivity index (χ0v) is 14.0. The standard InChI is InChI=1S/C19H18N2O2S/c22-19(20-13-5-3-9-23-12-13)15-11-17(18-8-4-10-24-18)21-16-7-2-1-6-14(15)16/h1-2,4,6-8,10-11,13H,3,5,9,12H2,(H,20,22). The maximum Gasteiger partial charge on any atom is 0.252 e. The molecule has 4 nitrogen and oxygen atoms in total. The Bertz CT molecular complexity index is 855. The monoisotopic (exact) mass is 338 g/mol. The lowest BCUT2D eigenvalue weighted by Gasteiger charge is -2.23. The van der Waals surface area contributed by atoms with Gasteiger partial charge in [-0.05, 0) is 36.4 Å². The Labute approximate surface area is 144 Å². The van der Waals surface area contributed by atoms with Gasteiger partial charge in [-0.2, -0.15) is 0 Å². The number of hydrogen-bond acceptors (Lipinski definition) is 4. The first-order valence-electron chi connectivity index (χ1n) is 8.13. The molecule has 3 heterocycles. The van der Waals surface area contributed by atoms with Crippen LogP contribution in [0.2, 0.25) is 0 Å². The van der Waals surface area contributed by atoms with Crippen LogP contribution in [-0.2, 0) is 4.74 Å². The van der Waals surface area contributed by atoms with E-state index < -0.39 is 0 Å². The highest BCUT2D eigenvalue weighted by atomic mass is 32.1. The van der Waals surface area contributed by atoms with Crippen LogP contribution in [0, 0.1) is 0 Å². The summed E-state index contributed by atoms with van der Waals surface area (Å²) in [5.74, 6) is -0.0538. The number of ether oxygens (including phenoxy) is 1. The van der Waals surface area contributed by atoms with Gasteiger partial charge in [-0.3, -0.25) is 4.79 Å². The molecule has 5 heteroatoms. The van der Waals surface area contributed by atoms with Crippen LogP contribution in [-0.4, -0.2) is 30.1 Å². The number of thiophene rings is 1. The molecule has 4 rings (SSSR count). The third-order valence-corrected chi connectivity index (χ3v) is 5.12. The first-order valence-corrected chi connectivity index (χ1v) is 9.01. The number of fused-ring (bicyclic) bond motifs is 1. The van der Waals surface area contributed by atoms with Crippen molar-refractivity contribution >= 4 is 28.1 Å². The van der Waals surface area contributed by atoms with Crippen molar-refractivity contribution in [2.75, 3.05) is 13.2 Å². The van der Waals surface area contributed by atoms with Gasteiger partial charge in [0.25, 0.3) is 5.91 Å².